The summed E-state index contributed by atoms with van der Waals surface area (Å²) in [6.07, 6.45) is -10.8. The Kier molecular flexibility index (Phi) is 23.1. The van der Waals surface area contributed by atoms with Crippen LogP contribution in [0.1, 0.15) is 38.2 Å². The number of halogens is 1. The molecule has 0 heterocycles. The zero-order chi connectivity index (χ0) is 30.8. The molecule has 0 saturated carbocycles. The van der Waals surface area contributed by atoms with Crippen LogP contribution in [0.3, 0.4) is 0 Å². The molecule has 10 N–H and O–H groups in total. The van der Waals surface area contributed by atoms with Gasteiger partial charge in [0.05, 0.1) is 43.7 Å². The predicted molar refractivity (Wildman–Crippen MR) is 161 cm³/mol. The van der Waals surface area contributed by atoms with Crippen LogP contribution in [0, 0.1) is 0 Å². The summed E-state index contributed by atoms with van der Waals surface area (Å²) in [5.41, 5.74) is 1.07. The molecule has 0 amide bonds. The van der Waals surface area contributed by atoms with Gasteiger partial charge in [-0.15, -0.1) is 12.4 Å². The summed E-state index contributed by atoms with van der Waals surface area (Å²) in [5, 5.41) is 98.7. The molecule has 0 unspecified atom stereocenters. The van der Waals surface area contributed by atoms with Crippen LogP contribution in [0.4, 0.5) is 0 Å². The summed E-state index contributed by atoms with van der Waals surface area (Å²) < 4.78 is 11.3. The van der Waals surface area contributed by atoms with Crippen LogP contribution in [-0.4, -0.2) is 149 Å². The van der Waals surface area contributed by atoms with E-state index in [-0.39, 0.29) is 25.5 Å². The summed E-state index contributed by atoms with van der Waals surface area (Å²) in [7, 11) is 0. The fraction of sp³-hybridized carbons (Fsp3) is 0.741. The number of unbranched alkanes of at least 4 members (excludes halogenated alkanes) is 3. The molecule has 0 aliphatic carbocycles. The molecule has 8 atom stereocenters. The molecule has 1 aromatic carbocycles. The lowest BCUT2D eigenvalue weighted by Crippen LogP contribution is -2.53. The lowest BCUT2D eigenvalue weighted by atomic mass is 10.0. The van der Waals surface area contributed by atoms with Crippen molar-refractivity contribution < 1.29 is 60.0 Å². The van der Waals surface area contributed by atoms with Gasteiger partial charge in [-0.05, 0) is 43.5 Å². The number of hydrogen-bond acceptors (Lipinski definition) is 13. The number of aliphatic hydroxyl groups is 10. The Labute approximate surface area is 257 Å². The quantitative estimate of drug-likeness (QED) is 0.0369. The smallest absolute Gasteiger partial charge is 0.111 e. The van der Waals surface area contributed by atoms with Crippen LogP contribution < -0.4 is 0 Å². The van der Waals surface area contributed by atoms with Crippen molar-refractivity contribution in [2.75, 3.05) is 39.5 Å². The van der Waals surface area contributed by atoms with Crippen LogP contribution in [0.5, 0.6) is 0 Å². The minimum Gasteiger partial charge on any atom is -0.394 e. The van der Waals surface area contributed by atoms with Gasteiger partial charge in [-0.2, -0.15) is 0 Å². The Balaban J connectivity index is 0.0000168. The lowest BCUT2D eigenvalue weighted by molar-refractivity contribution is -0.130. The first-order chi connectivity index (χ1) is 19.5. The number of nitrogens with zero attached hydrogens (tertiary/aromatic N) is 1. The third-order valence-electron chi connectivity index (χ3n) is 6.48. The summed E-state index contributed by atoms with van der Waals surface area (Å²) in [6, 6.07) is 9.80. The van der Waals surface area contributed by atoms with E-state index < -0.39 is 62.0 Å². The van der Waals surface area contributed by atoms with Gasteiger partial charge in [-0.1, -0.05) is 43.2 Å². The van der Waals surface area contributed by atoms with Gasteiger partial charge >= 0.3 is 0 Å². The molecule has 0 aliphatic rings. The van der Waals surface area contributed by atoms with E-state index in [1.54, 1.807) is 0 Å². The number of thiol groups is 1. The van der Waals surface area contributed by atoms with Crippen molar-refractivity contribution in [1.82, 2.24) is 4.90 Å². The normalized spacial score (nSPS) is 18.2. The molecule has 0 fully saturated rings. The number of rotatable bonds is 22. The molecule has 0 spiro atoms. The molecule has 0 radical (unpaired) electrons. The first-order valence-electron chi connectivity index (χ1n) is 13.7. The molecule has 15 heteroatoms. The van der Waals surface area contributed by atoms with Gasteiger partial charge in [0, 0.05) is 13.1 Å². The topological polar surface area (TPSA) is 224 Å². The minimum absolute atomic E-state index is 0. The number of ether oxygens (including phenoxy) is 1. The van der Waals surface area contributed by atoms with E-state index in [1.807, 2.05) is 37.3 Å². The summed E-state index contributed by atoms with van der Waals surface area (Å²) in [6.45, 7) is 0.922. The van der Waals surface area contributed by atoms with Gasteiger partial charge in [-0.3, -0.25) is 4.90 Å². The van der Waals surface area contributed by atoms with E-state index in [1.165, 1.54) is 4.90 Å². The van der Waals surface area contributed by atoms with Crippen molar-refractivity contribution in [3.8, 4) is 0 Å². The molecule has 0 aromatic heterocycles. The van der Waals surface area contributed by atoms with Gasteiger partial charge in [0.25, 0.3) is 0 Å². The highest BCUT2D eigenvalue weighted by Crippen LogP contribution is 2.13. The van der Waals surface area contributed by atoms with Crippen molar-refractivity contribution in [2.24, 2.45) is 0 Å². The first kappa shape index (κ1) is 41.2. The largest absolute Gasteiger partial charge is 0.394 e. The Bertz CT molecular complexity index is 800. The highest BCUT2D eigenvalue weighted by atomic mass is 35.5. The fourth-order valence-electron chi connectivity index (χ4n) is 3.91. The van der Waals surface area contributed by atoms with Gasteiger partial charge in [0.15, 0.2) is 0 Å². The molecule has 13 nitrogen and oxygen atoms in total. The number of benzene rings is 1. The Hall–Kier alpha value is -0.790. The van der Waals surface area contributed by atoms with E-state index in [9.17, 15) is 40.9 Å². The van der Waals surface area contributed by atoms with Crippen LogP contribution >= 0.6 is 24.0 Å². The summed E-state index contributed by atoms with van der Waals surface area (Å²) in [4.78, 5) is 1.50. The predicted octanol–water partition coefficient (Wildman–Crippen LogP) is -2.09. The monoisotopic (exact) mass is 647 g/mol. The number of hydrogen-bond donors (Lipinski definition) is 11. The molecule has 1 aromatic rings. The highest BCUT2D eigenvalue weighted by molar-refractivity contribution is 7.93. The molecule has 1 rings (SSSR count). The van der Waals surface area contributed by atoms with Gasteiger partial charge in [-0.25, -0.2) is 0 Å². The average molecular weight is 648 g/mol. The standard InChI is InChI=1S/C27H49NO12S.ClH/c1-18(39-17-19-9-5-4-6-10-19)41-40-12-8-3-2-7-11-28(13-20(31)24(35)26(37)22(33)15-29)14-21(32)25(36)27(38)23(34)16-30;/h4-6,9-10,20-27,29-38,41H,2-3,7-8,11-17H2,1H3;1H/t20-,21-,22+,23+,24+,25+,26+,27+;/m0./s1. The maximum atomic E-state index is 10.4. The molecule has 0 aliphatic heterocycles. The summed E-state index contributed by atoms with van der Waals surface area (Å²) >= 11 is 0.646. The molecule has 248 valence electrons. The van der Waals surface area contributed by atoms with Crippen molar-refractivity contribution >= 4 is 29.1 Å². The minimum atomic E-state index is -1.82. The van der Waals surface area contributed by atoms with Crippen LogP contribution in [0.15, 0.2) is 30.3 Å². The van der Waals surface area contributed by atoms with E-state index in [0.29, 0.717) is 37.8 Å². The van der Waals surface area contributed by atoms with Gasteiger partial charge in [0.1, 0.15) is 36.6 Å². The maximum absolute atomic E-state index is 10.4. The zero-order valence-electron chi connectivity index (χ0n) is 23.9. The van der Waals surface area contributed by atoms with Crippen LogP contribution in [-0.2, 0) is 15.5 Å². The van der Waals surface area contributed by atoms with E-state index in [4.69, 9.17) is 19.1 Å². The molecule has 0 bridgehead atoms. The van der Waals surface area contributed by atoms with E-state index in [2.05, 4.69) is 0 Å². The van der Waals surface area contributed by atoms with Crippen LogP contribution in [0.25, 0.3) is 0 Å². The second kappa shape index (κ2) is 23.6. The summed E-state index contributed by atoms with van der Waals surface area (Å²) in [5.74, 6) is 0. The van der Waals surface area contributed by atoms with Crippen molar-refractivity contribution in [2.45, 2.75) is 88.0 Å². The molecular formula is C27H50ClNO12S. The Morgan fingerprint density at radius 2 is 1.19 bits per heavy atom. The molecule has 0 saturated heterocycles. The Morgan fingerprint density at radius 3 is 1.69 bits per heavy atom. The van der Waals surface area contributed by atoms with E-state index >= 15 is 0 Å². The second-order valence-corrected chi connectivity index (χ2v) is 11.1. The van der Waals surface area contributed by atoms with Gasteiger partial charge < -0.3 is 60.0 Å². The number of aliphatic hydroxyl groups excluding tert-OH is 10. The van der Waals surface area contributed by atoms with Gasteiger partial charge in [0.2, 0.25) is 0 Å². The molecule has 42 heavy (non-hydrogen) atoms. The Morgan fingerprint density at radius 1 is 0.714 bits per heavy atom. The maximum Gasteiger partial charge on any atom is 0.111 e. The lowest BCUT2D eigenvalue weighted by Gasteiger charge is -2.33. The third kappa shape index (κ3) is 16.3. The van der Waals surface area contributed by atoms with Crippen LogP contribution in [0.2, 0.25) is 0 Å². The van der Waals surface area contributed by atoms with Crippen molar-refractivity contribution in [1.29, 1.82) is 0 Å². The fourth-order valence-corrected chi connectivity index (χ4v) is 4.43. The third-order valence-corrected chi connectivity index (χ3v) is 7.18. The van der Waals surface area contributed by atoms with Crippen molar-refractivity contribution in [3.05, 3.63) is 35.9 Å². The molecular weight excluding hydrogens is 598 g/mol. The first-order valence-corrected chi connectivity index (χ1v) is 14.5. The van der Waals surface area contributed by atoms with Crippen molar-refractivity contribution in [3.63, 3.8) is 0 Å². The second-order valence-electron chi connectivity index (χ2n) is 9.99. The highest BCUT2D eigenvalue weighted by Gasteiger charge is 2.34. The average Bonchev–Trinajstić information content (AvgIpc) is 2.98. The SMILES string of the molecule is CC(OCc1ccccc1)=[SH]OCCCCCCN(C[C@H](O)[C@@H](O)[C@H](O)[C@H](O)CO)C[C@H](O)[C@@H](O)[C@H](O)[C@H](O)CO.Cl. The van der Waals surface area contributed by atoms with E-state index in [0.717, 1.165) is 29.9 Å². The zero-order valence-corrected chi connectivity index (χ0v) is 25.6.